The molecule has 1 radical (unpaired) electrons. The summed E-state index contributed by atoms with van der Waals surface area (Å²) in [7, 11) is 0. The largest absolute Gasteiger partial charge is 3.00 e. The van der Waals surface area contributed by atoms with E-state index in [1.54, 1.807) is 0 Å². The van der Waals surface area contributed by atoms with Crippen molar-refractivity contribution in [2.75, 3.05) is 0 Å². The molecule has 0 aliphatic rings. The molecule has 0 unspecified atom stereocenters. The average Bonchev–Trinajstić information content (AvgIpc) is 1.69. The average molecular weight is 188 g/mol. The van der Waals surface area contributed by atoms with Crippen molar-refractivity contribution in [3.05, 3.63) is 33.9 Å². The van der Waals surface area contributed by atoms with E-state index in [-0.39, 0.29) is 30.3 Å². The standard InChI is InChI=1S/C3H5O2.C3H5.CH3.Ni/c1-2-3(4)5;1-3-2;;/h1-2H2,(H,4,5);3H,1-2H2;1H3;/q3*-1;+3. The third kappa shape index (κ3) is 132. The Kier molecular flexibility index (Phi) is 53.3. The minimum Gasteiger partial charge on any atom is -0.483 e. The maximum absolute atomic E-state index is 9.31. The Bertz CT molecular complexity index is 72.0. The second-order valence-corrected chi connectivity index (χ2v) is 0.932. The van der Waals surface area contributed by atoms with Crippen LogP contribution in [0.4, 0.5) is 0 Å². The van der Waals surface area contributed by atoms with Gasteiger partial charge < -0.3 is 19.5 Å². The molecule has 0 atom stereocenters. The molecule has 0 amide bonds. The maximum Gasteiger partial charge on any atom is 3.00 e. The Labute approximate surface area is 73.3 Å². The quantitative estimate of drug-likeness (QED) is 0.502. The van der Waals surface area contributed by atoms with Crippen LogP contribution in [0.1, 0.15) is 6.42 Å². The van der Waals surface area contributed by atoms with Crippen molar-refractivity contribution < 1.29 is 26.4 Å². The van der Waals surface area contributed by atoms with E-state index in [2.05, 4.69) is 20.4 Å². The Balaban J connectivity index is -0.0000000326. The predicted molar refractivity (Wildman–Crippen MR) is 39.6 cm³/mol. The minimum absolute atomic E-state index is 0. The van der Waals surface area contributed by atoms with E-state index >= 15 is 0 Å². The van der Waals surface area contributed by atoms with Gasteiger partial charge in [0, 0.05) is 0 Å². The van der Waals surface area contributed by atoms with Gasteiger partial charge in [-0.05, 0) is 0 Å². The first-order valence-electron chi connectivity index (χ1n) is 2.10. The molecule has 0 saturated carbocycles. The molecule has 0 spiro atoms. The van der Waals surface area contributed by atoms with Gasteiger partial charge in [0.25, 0.3) is 5.97 Å². The third-order valence-corrected chi connectivity index (χ3v) is 0.214. The van der Waals surface area contributed by atoms with E-state index in [4.69, 9.17) is 5.11 Å². The first-order valence-corrected chi connectivity index (χ1v) is 2.10. The third-order valence-electron chi connectivity index (χ3n) is 0.214. The summed E-state index contributed by atoms with van der Waals surface area (Å²) < 4.78 is 0. The Morgan fingerprint density at radius 3 is 1.80 bits per heavy atom. The zero-order valence-electron chi connectivity index (χ0n) is 6.08. The summed E-state index contributed by atoms with van der Waals surface area (Å²) in [5, 5.41) is 7.66. The number of carboxylic acid groups (broad SMARTS) is 1. The first kappa shape index (κ1) is 22.7. The summed E-state index contributed by atoms with van der Waals surface area (Å²) in [6.07, 6.45) is 1.47. The van der Waals surface area contributed by atoms with Crippen LogP contribution >= 0.6 is 0 Å². The van der Waals surface area contributed by atoms with Gasteiger partial charge in [-0.2, -0.15) is 0 Å². The van der Waals surface area contributed by atoms with Gasteiger partial charge in [-0.25, -0.2) is 19.6 Å². The maximum atomic E-state index is 9.31. The van der Waals surface area contributed by atoms with Gasteiger partial charge in [0.1, 0.15) is 0 Å². The van der Waals surface area contributed by atoms with Gasteiger partial charge in [-0.3, -0.25) is 4.79 Å². The van der Waals surface area contributed by atoms with Crippen molar-refractivity contribution in [3.8, 4) is 0 Å². The molecule has 0 bridgehead atoms. The van der Waals surface area contributed by atoms with Crippen LogP contribution in [0, 0.1) is 21.3 Å². The van der Waals surface area contributed by atoms with Crippen LogP contribution in [0.2, 0.25) is 0 Å². The Morgan fingerprint density at radius 2 is 1.80 bits per heavy atom. The van der Waals surface area contributed by atoms with Crippen molar-refractivity contribution in [2.45, 2.75) is 6.42 Å². The minimum atomic E-state index is -0.856. The molecule has 0 aliphatic heterocycles. The van der Waals surface area contributed by atoms with Gasteiger partial charge in [0.05, 0.1) is 0 Å². The summed E-state index contributed by atoms with van der Waals surface area (Å²) in [5.74, 6) is -0.856. The van der Waals surface area contributed by atoms with Gasteiger partial charge >= 0.3 is 16.5 Å². The van der Waals surface area contributed by atoms with Gasteiger partial charge in [0.15, 0.2) is 0 Å². The van der Waals surface area contributed by atoms with Crippen molar-refractivity contribution in [1.82, 2.24) is 0 Å². The number of carbonyl (C=O) groups is 1. The van der Waals surface area contributed by atoms with Gasteiger partial charge in [-0.15, -0.1) is 0 Å². The first-order chi connectivity index (χ1) is 3.68. The topological polar surface area (TPSA) is 37.3 Å². The molecule has 0 aliphatic carbocycles. The molecule has 0 aromatic rings. The van der Waals surface area contributed by atoms with Crippen molar-refractivity contribution in [3.63, 3.8) is 0 Å². The number of carboxylic acids is 1. The molecule has 10 heavy (non-hydrogen) atoms. The number of hydrogen-bond acceptors (Lipinski definition) is 1. The fourth-order valence-corrected chi connectivity index (χ4v) is 0. The molecule has 63 valence electrons. The number of allylic oxidation sites excluding steroid dienone is 1. The van der Waals surface area contributed by atoms with Crippen LogP contribution in [0.15, 0.2) is 12.7 Å². The molecule has 1 N–H and O–H groups in total. The van der Waals surface area contributed by atoms with Gasteiger partial charge in [0.2, 0.25) is 0 Å². The monoisotopic (exact) mass is 187 g/mol. The van der Waals surface area contributed by atoms with Crippen LogP contribution in [0.3, 0.4) is 0 Å². The van der Waals surface area contributed by atoms with Crippen LogP contribution in [0.5, 0.6) is 0 Å². The van der Waals surface area contributed by atoms with E-state index in [0.717, 1.165) is 0 Å². The summed E-state index contributed by atoms with van der Waals surface area (Å²) in [4.78, 5) is 9.31. The molecule has 0 aromatic heterocycles. The predicted octanol–water partition coefficient (Wildman–Crippen LogP) is 1.75. The molecular formula is C7H13NiO2. The van der Waals surface area contributed by atoms with E-state index in [9.17, 15) is 4.79 Å². The van der Waals surface area contributed by atoms with Crippen LogP contribution in [-0.2, 0) is 21.3 Å². The number of rotatable bonds is 1. The Hall–Kier alpha value is -0.426. The van der Waals surface area contributed by atoms with Crippen LogP contribution in [-0.4, -0.2) is 11.1 Å². The normalized spacial score (nSPS) is 4.90. The van der Waals surface area contributed by atoms with Gasteiger partial charge in [-0.1, -0.05) is 6.42 Å². The SMILES string of the molecule is C=C[CH2-].[CH2-]CC(=O)O.[CH3-].[Ni+3]. The number of hydrogen-bond donors (Lipinski definition) is 1. The zero-order chi connectivity index (χ0) is 6.99. The smallest absolute Gasteiger partial charge is 0.483 e. The molecule has 0 fully saturated rings. The summed E-state index contributed by atoms with van der Waals surface area (Å²) >= 11 is 0. The molecule has 0 rings (SSSR count). The van der Waals surface area contributed by atoms with Crippen LogP contribution < -0.4 is 0 Å². The van der Waals surface area contributed by atoms with E-state index in [1.807, 2.05) is 0 Å². The fraction of sp³-hybridized carbons (Fsp3) is 0.143. The van der Waals surface area contributed by atoms with Crippen molar-refractivity contribution in [2.24, 2.45) is 0 Å². The van der Waals surface area contributed by atoms with Crippen molar-refractivity contribution in [1.29, 1.82) is 0 Å². The summed E-state index contributed by atoms with van der Waals surface area (Å²) in [6, 6.07) is 0. The van der Waals surface area contributed by atoms with E-state index in [0.29, 0.717) is 0 Å². The van der Waals surface area contributed by atoms with Crippen LogP contribution in [0.25, 0.3) is 0 Å². The second-order valence-electron chi connectivity index (χ2n) is 0.932. The molecule has 0 saturated heterocycles. The van der Waals surface area contributed by atoms with E-state index < -0.39 is 5.97 Å². The Morgan fingerprint density at radius 1 is 1.70 bits per heavy atom. The zero-order valence-corrected chi connectivity index (χ0v) is 7.07. The molecular weight excluding hydrogens is 175 g/mol. The van der Waals surface area contributed by atoms with Crippen molar-refractivity contribution >= 4 is 5.97 Å². The number of aliphatic carboxylic acids is 1. The summed E-state index contributed by atoms with van der Waals surface area (Å²) in [5.41, 5.74) is 0. The molecule has 2 nitrogen and oxygen atoms in total. The fourth-order valence-electron chi connectivity index (χ4n) is 0. The summed E-state index contributed by atoms with van der Waals surface area (Å²) in [6.45, 7) is 9.59. The molecule has 3 heteroatoms. The van der Waals surface area contributed by atoms with E-state index in [1.165, 1.54) is 6.08 Å². The second kappa shape index (κ2) is 23.5. The molecule has 0 aromatic carbocycles. The molecule has 0 heterocycles.